The van der Waals surface area contributed by atoms with Crippen LogP contribution in [0.2, 0.25) is 10.0 Å². The Bertz CT molecular complexity index is 370. The Morgan fingerprint density at radius 1 is 1.06 bits per heavy atom. The van der Waals surface area contributed by atoms with Crippen molar-refractivity contribution in [2.24, 2.45) is 11.7 Å². The number of nitrogens with two attached hydrogens (primary N) is 1. The van der Waals surface area contributed by atoms with E-state index in [1.54, 1.807) is 0 Å². The predicted molar refractivity (Wildman–Crippen MR) is 74.8 cm³/mol. The molecule has 1 aromatic rings. The van der Waals surface area contributed by atoms with Crippen molar-refractivity contribution in [3.05, 3.63) is 33.8 Å². The number of rotatable bonds is 3. The number of hydrogen-bond donors (Lipinski definition) is 1. The summed E-state index contributed by atoms with van der Waals surface area (Å²) in [6, 6.07) is 6.05. The maximum absolute atomic E-state index is 6.06. The van der Waals surface area contributed by atoms with Gasteiger partial charge in [0.25, 0.3) is 0 Å². The van der Waals surface area contributed by atoms with E-state index in [9.17, 15) is 0 Å². The van der Waals surface area contributed by atoms with Crippen molar-refractivity contribution in [2.75, 3.05) is 6.54 Å². The van der Waals surface area contributed by atoms with E-state index in [2.05, 4.69) is 6.07 Å². The molecule has 0 bridgehead atoms. The zero-order chi connectivity index (χ0) is 12.3. The third-order valence-electron chi connectivity index (χ3n) is 3.84. The number of benzene rings is 1. The minimum atomic E-state index is 0.646. The van der Waals surface area contributed by atoms with Gasteiger partial charge < -0.3 is 5.73 Å². The van der Waals surface area contributed by atoms with Crippen LogP contribution in [0.25, 0.3) is 0 Å². The van der Waals surface area contributed by atoms with Gasteiger partial charge in [-0.3, -0.25) is 0 Å². The van der Waals surface area contributed by atoms with Crippen molar-refractivity contribution < 1.29 is 0 Å². The Morgan fingerprint density at radius 2 is 1.76 bits per heavy atom. The van der Waals surface area contributed by atoms with Crippen molar-refractivity contribution in [2.45, 2.75) is 38.0 Å². The normalized spacial score (nSPS) is 24.9. The van der Waals surface area contributed by atoms with Gasteiger partial charge in [-0.25, -0.2) is 0 Å². The van der Waals surface area contributed by atoms with Crippen molar-refractivity contribution in [3.63, 3.8) is 0 Å². The Hall–Kier alpha value is -0.240. The van der Waals surface area contributed by atoms with E-state index in [0.717, 1.165) is 12.5 Å². The van der Waals surface area contributed by atoms with Gasteiger partial charge in [-0.1, -0.05) is 29.3 Å². The van der Waals surface area contributed by atoms with Gasteiger partial charge in [-0.2, -0.15) is 0 Å². The smallest absolute Gasteiger partial charge is 0.0595 e. The molecule has 2 N–H and O–H groups in total. The van der Waals surface area contributed by atoms with Gasteiger partial charge in [0.2, 0.25) is 0 Å². The second-order valence-corrected chi connectivity index (χ2v) is 5.78. The van der Waals surface area contributed by atoms with Crippen LogP contribution in [-0.4, -0.2) is 6.54 Å². The summed E-state index contributed by atoms with van der Waals surface area (Å²) in [6.45, 7) is 0.822. The molecule has 0 radical (unpaired) electrons. The second-order valence-electron chi connectivity index (χ2n) is 4.97. The van der Waals surface area contributed by atoms with Crippen LogP contribution < -0.4 is 5.73 Å². The molecule has 0 aliphatic heterocycles. The lowest BCUT2D eigenvalue weighted by Gasteiger charge is -2.28. The molecule has 3 heteroatoms. The van der Waals surface area contributed by atoms with Crippen LogP contribution in [0.15, 0.2) is 18.2 Å². The zero-order valence-corrected chi connectivity index (χ0v) is 11.5. The van der Waals surface area contributed by atoms with E-state index in [1.165, 1.54) is 37.7 Å². The molecule has 2 rings (SSSR count). The van der Waals surface area contributed by atoms with Crippen LogP contribution in [0.1, 0.15) is 43.6 Å². The molecule has 0 aromatic heterocycles. The molecular weight excluding hydrogens is 253 g/mol. The highest BCUT2D eigenvalue weighted by Crippen LogP contribution is 2.38. The minimum absolute atomic E-state index is 0.646. The van der Waals surface area contributed by atoms with Crippen LogP contribution in [-0.2, 0) is 0 Å². The van der Waals surface area contributed by atoms with Crippen molar-refractivity contribution >= 4 is 23.2 Å². The largest absolute Gasteiger partial charge is 0.330 e. The number of halogens is 2. The van der Waals surface area contributed by atoms with Gasteiger partial charge in [0, 0.05) is 0 Å². The lowest BCUT2D eigenvalue weighted by atomic mass is 9.77. The van der Waals surface area contributed by atoms with E-state index >= 15 is 0 Å². The zero-order valence-electron chi connectivity index (χ0n) is 9.96. The fourth-order valence-electron chi connectivity index (χ4n) is 2.79. The van der Waals surface area contributed by atoms with E-state index in [-0.39, 0.29) is 0 Å². The van der Waals surface area contributed by atoms with Gasteiger partial charge in [-0.05, 0) is 68.2 Å². The summed E-state index contributed by atoms with van der Waals surface area (Å²) in [5.74, 6) is 1.48. The van der Waals surface area contributed by atoms with Gasteiger partial charge in [0.05, 0.1) is 10.0 Å². The molecule has 1 aliphatic carbocycles. The molecule has 0 unspecified atom stereocenters. The van der Waals surface area contributed by atoms with E-state index in [1.807, 2.05) is 12.1 Å². The molecule has 1 aliphatic rings. The summed E-state index contributed by atoms with van der Waals surface area (Å²) in [6.07, 6.45) is 6.27. The Morgan fingerprint density at radius 3 is 2.35 bits per heavy atom. The summed E-state index contributed by atoms with van der Waals surface area (Å²) in [5, 5.41) is 1.32. The lowest BCUT2D eigenvalue weighted by molar-refractivity contribution is 0.313. The van der Waals surface area contributed by atoms with Crippen LogP contribution in [0.3, 0.4) is 0 Å². The summed E-state index contributed by atoms with van der Waals surface area (Å²) in [7, 11) is 0. The van der Waals surface area contributed by atoms with Gasteiger partial charge in [0.15, 0.2) is 0 Å². The van der Waals surface area contributed by atoms with Crippen molar-refractivity contribution in [1.29, 1.82) is 0 Å². The second kappa shape index (κ2) is 6.08. The molecular formula is C14H19Cl2N. The van der Waals surface area contributed by atoms with E-state index < -0.39 is 0 Å². The molecule has 0 heterocycles. The standard InChI is InChI=1S/C14H19Cl2N/c15-13-6-5-12(9-14(13)16)11-3-1-10(2-4-11)7-8-17/h5-6,9-11H,1-4,7-8,17H2. The molecule has 0 amide bonds. The fraction of sp³-hybridized carbons (Fsp3) is 0.571. The SMILES string of the molecule is NCCC1CCC(c2ccc(Cl)c(Cl)c2)CC1. The van der Waals surface area contributed by atoms with Gasteiger partial charge >= 0.3 is 0 Å². The van der Waals surface area contributed by atoms with Gasteiger partial charge in [0.1, 0.15) is 0 Å². The van der Waals surface area contributed by atoms with E-state index in [4.69, 9.17) is 28.9 Å². The monoisotopic (exact) mass is 271 g/mol. The molecule has 1 nitrogen and oxygen atoms in total. The summed E-state index contributed by atoms with van der Waals surface area (Å²) in [5.41, 5.74) is 6.95. The maximum Gasteiger partial charge on any atom is 0.0595 e. The Balaban J connectivity index is 1.98. The average Bonchev–Trinajstić information content (AvgIpc) is 2.34. The Labute approximate surface area is 113 Å². The fourth-order valence-corrected chi connectivity index (χ4v) is 3.09. The molecule has 0 spiro atoms. The first kappa shape index (κ1) is 13.2. The van der Waals surface area contributed by atoms with E-state index in [0.29, 0.717) is 16.0 Å². The summed E-state index contributed by atoms with van der Waals surface area (Å²) < 4.78 is 0. The molecule has 0 saturated heterocycles. The predicted octanol–water partition coefficient (Wildman–Crippen LogP) is 4.62. The van der Waals surface area contributed by atoms with Crippen molar-refractivity contribution in [3.8, 4) is 0 Å². The minimum Gasteiger partial charge on any atom is -0.330 e. The number of hydrogen-bond acceptors (Lipinski definition) is 1. The third-order valence-corrected chi connectivity index (χ3v) is 4.58. The van der Waals surface area contributed by atoms with Crippen LogP contribution in [0.4, 0.5) is 0 Å². The highest BCUT2D eigenvalue weighted by Gasteiger charge is 2.22. The molecule has 1 aromatic carbocycles. The lowest BCUT2D eigenvalue weighted by Crippen LogP contribution is -2.16. The average molecular weight is 272 g/mol. The topological polar surface area (TPSA) is 26.0 Å². The molecule has 0 atom stereocenters. The van der Waals surface area contributed by atoms with Crippen molar-refractivity contribution in [1.82, 2.24) is 0 Å². The quantitative estimate of drug-likeness (QED) is 0.853. The first-order valence-corrected chi connectivity index (χ1v) is 7.11. The highest BCUT2D eigenvalue weighted by atomic mass is 35.5. The maximum atomic E-state index is 6.06. The highest BCUT2D eigenvalue weighted by molar-refractivity contribution is 6.42. The summed E-state index contributed by atoms with van der Waals surface area (Å²) >= 11 is 12.0. The molecule has 94 valence electrons. The van der Waals surface area contributed by atoms with Gasteiger partial charge in [-0.15, -0.1) is 0 Å². The Kier molecular flexibility index (Phi) is 4.72. The molecule has 1 fully saturated rings. The molecule has 17 heavy (non-hydrogen) atoms. The third kappa shape index (κ3) is 3.37. The van der Waals surface area contributed by atoms with Crippen LogP contribution >= 0.6 is 23.2 Å². The summed E-state index contributed by atoms with van der Waals surface area (Å²) in [4.78, 5) is 0. The first-order valence-electron chi connectivity index (χ1n) is 6.35. The van der Waals surface area contributed by atoms with Crippen LogP contribution in [0.5, 0.6) is 0 Å². The first-order chi connectivity index (χ1) is 8.20. The molecule has 1 saturated carbocycles. The van der Waals surface area contributed by atoms with Crippen LogP contribution in [0, 0.1) is 5.92 Å².